The van der Waals surface area contributed by atoms with Crippen LogP contribution in [-0.2, 0) is 4.74 Å². The highest BCUT2D eigenvalue weighted by molar-refractivity contribution is 7.12. The SMILES string of the molecule is CC(C)c1noc([C@@H](NC(=O)c2cccs2)C2CCOCC2)n1. The number of thiophene rings is 1. The molecule has 0 bridgehead atoms. The Morgan fingerprint density at radius 3 is 2.78 bits per heavy atom. The molecule has 3 heterocycles. The lowest BCUT2D eigenvalue weighted by atomic mass is 9.91. The van der Waals surface area contributed by atoms with E-state index < -0.39 is 0 Å². The van der Waals surface area contributed by atoms with Gasteiger partial charge in [-0.3, -0.25) is 4.79 Å². The van der Waals surface area contributed by atoms with Gasteiger partial charge in [-0.1, -0.05) is 25.1 Å². The van der Waals surface area contributed by atoms with E-state index in [1.807, 2.05) is 31.4 Å². The van der Waals surface area contributed by atoms with Crippen molar-refractivity contribution >= 4 is 17.2 Å². The van der Waals surface area contributed by atoms with Crippen molar-refractivity contribution in [2.75, 3.05) is 13.2 Å². The van der Waals surface area contributed by atoms with Gasteiger partial charge in [0.15, 0.2) is 5.82 Å². The molecule has 0 unspecified atom stereocenters. The summed E-state index contributed by atoms with van der Waals surface area (Å²) in [7, 11) is 0. The minimum Gasteiger partial charge on any atom is -0.381 e. The maximum Gasteiger partial charge on any atom is 0.262 e. The molecule has 1 aliphatic heterocycles. The van der Waals surface area contributed by atoms with E-state index in [4.69, 9.17) is 9.26 Å². The number of ether oxygens (including phenoxy) is 1. The largest absolute Gasteiger partial charge is 0.381 e. The average Bonchev–Trinajstić information content (AvgIpc) is 3.24. The van der Waals surface area contributed by atoms with Crippen molar-refractivity contribution in [3.63, 3.8) is 0 Å². The second kappa shape index (κ2) is 7.23. The summed E-state index contributed by atoms with van der Waals surface area (Å²) in [6, 6.07) is 3.41. The van der Waals surface area contributed by atoms with Crippen LogP contribution in [0.15, 0.2) is 22.0 Å². The van der Waals surface area contributed by atoms with E-state index in [9.17, 15) is 4.79 Å². The number of hydrogen-bond donors (Lipinski definition) is 1. The molecule has 2 aromatic heterocycles. The monoisotopic (exact) mass is 335 g/mol. The zero-order chi connectivity index (χ0) is 16.2. The summed E-state index contributed by atoms with van der Waals surface area (Å²) in [4.78, 5) is 17.6. The number of hydrogen-bond acceptors (Lipinski definition) is 6. The highest BCUT2D eigenvalue weighted by Gasteiger charge is 2.32. The van der Waals surface area contributed by atoms with Crippen LogP contribution in [0, 0.1) is 5.92 Å². The van der Waals surface area contributed by atoms with Gasteiger partial charge in [-0.05, 0) is 30.2 Å². The van der Waals surface area contributed by atoms with Crippen molar-refractivity contribution in [2.45, 2.75) is 38.6 Å². The summed E-state index contributed by atoms with van der Waals surface area (Å²) in [5, 5.41) is 9.00. The molecule has 7 heteroatoms. The molecule has 2 aromatic rings. The Balaban J connectivity index is 1.81. The van der Waals surface area contributed by atoms with E-state index in [0.717, 1.165) is 12.8 Å². The van der Waals surface area contributed by atoms with E-state index in [2.05, 4.69) is 15.5 Å². The van der Waals surface area contributed by atoms with Crippen molar-refractivity contribution in [3.05, 3.63) is 34.1 Å². The first-order valence-corrected chi connectivity index (χ1v) is 8.78. The molecule has 124 valence electrons. The van der Waals surface area contributed by atoms with Crippen LogP contribution in [0.2, 0.25) is 0 Å². The van der Waals surface area contributed by atoms with E-state index >= 15 is 0 Å². The third-order valence-corrected chi connectivity index (χ3v) is 4.88. The van der Waals surface area contributed by atoms with Gasteiger partial charge < -0.3 is 14.6 Å². The van der Waals surface area contributed by atoms with Crippen molar-refractivity contribution < 1.29 is 14.1 Å². The summed E-state index contributed by atoms with van der Waals surface area (Å²) in [5.74, 6) is 1.50. The fourth-order valence-electron chi connectivity index (χ4n) is 2.66. The fourth-order valence-corrected chi connectivity index (χ4v) is 3.29. The predicted octanol–water partition coefficient (Wildman–Crippen LogP) is 3.15. The minimum atomic E-state index is -0.270. The van der Waals surface area contributed by atoms with E-state index in [0.29, 0.717) is 29.8 Å². The molecule has 3 rings (SSSR count). The van der Waals surface area contributed by atoms with Crippen molar-refractivity contribution in [1.82, 2.24) is 15.5 Å². The standard InChI is InChI=1S/C16H21N3O3S/c1-10(2)14-18-16(22-19-14)13(11-5-7-21-8-6-11)17-15(20)12-4-3-9-23-12/h3-4,9-11,13H,5-8H2,1-2H3,(H,17,20)/t13-/m0/s1. The van der Waals surface area contributed by atoms with Crippen LogP contribution in [0.25, 0.3) is 0 Å². The van der Waals surface area contributed by atoms with E-state index in [-0.39, 0.29) is 23.8 Å². The number of nitrogens with one attached hydrogen (secondary N) is 1. The predicted molar refractivity (Wildman–Crippen MR) is 86.5 cm³/mol. The molecule has 0 aliphatic carbocycles. The molecule has 0 aromatic carbocycles. The summed E-state index contributed by atoms with van der Waals surface area (Å²) >= 11 is 1.42. The Kier molecular flexibility index (Phi) is 5.07. The third-order valence-electron chi connectivity index (χ3n) is 4.01. The Labute approximate surface area is 139 Å². The summed E-state index contributed by atoms with van der Waals surface area (Å²) < 4.78 is 10.9. The van der Waals surface area contributed by atoms with Gasteiger partial charge in [-0.2, -0.15) is 4.98 Å². The van der Waals surface area contributed by atoms with E-state index in [1.54, 1.807) is 0 Å². The molecule has 1 saturated heterocycles. The van der Waals surface area contributed by atoms with Gasteiger partial charge in [0.2, 0.25) is 5.89 Å². The number of nitrogens with zero attached hydrogens (tertiary/aromatic N) is 2. The van der Waals surface area contributed by atoms with Gasteiger partial charge in [0.1, 0.15) is 6.04 Å². The summed E-state index contributed by atoms with van der Waals surface area (Å²) in [5.41, 5.74) is 0. The second-order valence-corrected chi connectivity index (χ2v) is 6.97. The van der Waals surface area contributed by atoms with Gasteiger partial charge in [0.05, 0.1) is 4.88 Å². The van der Waals surface area contributed by atoms with E-state index in [1.165, 1.54) is 11.3 Å². The highest BCUT2D eigenvalue weighted by Crippen LogP contribution is 2.30. The van der Waals surface area contributed by atoms with Gasteiger partial charge in [0, 0.05) is 19.1 Å². The van der Waals surface area contributed by atoms with Crippen LogP contribution in [0.1, 0.15) is 60.0 Å². The first-order valence-electron chi connectivity index (χ1n) is 7.90. The molecular formula is C16H21N3O3S. The van der Waals surface area contributed by atoms with Crippen molar-refractivity contribution in [2.24, 2.45) is 5.92 Å². The Hall–Kier alpha value is -1.73. The smallest absolute Gasteiger partial charge is 0.262 e. The Bertz CT molecular complexity index is 633. The Morgan fingerprint density at radius 2 is 2.17 bits per heavy atom. The first-order chi connectivity index (χ1) is 11.1. The highest BCUT2D eigenvalue weighted by atomic mass is 32.1. The lowest BCUT2D eigenvalue weighted by Crippen LogP contribution is -2.36. The first kappa shape index (κ1) is 16.1. The number of carbonyl (C=O) groups is 1. The zero-order valence-electron chi connectivity index (χ0n) is 13.3. The number of rotatable bonds is 5. The van der Waals surface area contributed by atoms with Crippen LogP contribution in [0.4, 0.5) is 0 Å². The molecular weight excluding hydrogens is 314 g/mol. The Morgan fingerprint density at radius 1 is 1.39 bits per heavy atom. The van der Waals surface area contributed by atoms with Crippen LogP contribution < -0.4 is 5.32 Å². The quantitative estimate of drug-likeness (QED) is 0.908. The van der Waals surface area contributed by atoms with Crippen LogP contribution in [0.3, 0.4) is 0 Å². The second-order valence-electron chi connectivity index (χ2n) is 6.02. The van der Waals surface area contributed by atoms with Gasteiger partial charge >= 0.3 is 0 Å². The molecule has 1 aliphatic rings. The van der Waals surface area contributed by atoms with Gasteiger partial charge in [0.25, 0.3) is 5.91 Å². The summed E-state index contributed by atoms with van der Waals surface area (Å²) in [6.07, 6.45) is 1.74. The van der Waals surface area contributed by atoms with Crippen molar-refractivity contribution in [3.8, 4) is 0 Å². The lowest BCUT2D eigenvalue weighted by molar-refractivity contribution is 0.0468. The van der Waals surface area contributed by atoms with Crippen LogP contribution in [0.5, 0.6) is 0 Å². The van der Waals surface area contributed by atoms with Crippen LogP contribution >= 0.6 is 11.3 Å². The molecule has 0 saturated carbocycles. The number of aromatic nitrogens is 2. The average molecular weight is 335 g/mol. The molecule has 6 nitrogen and oxygen atoms in total. The van der Waals surface area contributed by atoms with Gasteiger partial charge in [-0.15, -0.1) is 11.3 Å². The summed E-state index contributed by atoms with van der Waals surface area (Å²) in [6.45, 7) is 5.42. The maximum absolute atomic E-state index is 12.5. The third kappa shape index (κ3) is 3.79. The molecule has 1 N–H and O–H groups in total. The molecule has 0 spiro atoms. The molecule has 23 heavy (non-hydrogen) atoms. The minimum absolute atomic E-state index is 0.0965. The molecule has 1 atom stereocenters. The maximum atomic E-state index is 12.5. The number of amides is 1. The molecule has 1 amide bonds. The number of carbonyl (C=O) groups excluding carboxylic acids is 1. The molecule has 0 radical (unpaired) electrons. The van der Waals surface area contributed by atoms with Crippen LogP contribution in [-0.4, -0.2) is 29.3 Å². The van der Waals surface area contributed by atoms with Gasteiger partial charge in [-0.25, -0.2) is 0 Å². The normalized spacial score (nSPS) is 17.3. The topological polar surface area (TPSA) is 77.2 Å². The zero-order valence-corrected chi connectivity index (χ0v) is 14.1. The lowest BCUT2D eigenvalue weighted by Gasteiger charge is -2.28. The molecule has 1 fully saturated rings. The van der Waals surface area contributed by atoms with Crippen molar-refractivity contribution in [1.29, 1.82) is 0 Å². The fraction of sp³-hybridized carbons (Fsp3) is 0.562.